The minimum absolute atomic E-state index is 0.166. The molecule has 1 N–H and O–H groups in total. The number of aliphatic hydroxyl groups is 1. The highest BCUT2D eigenvalue weighted by Crippen LogP contribution is 2.28. The first-order valence-electron chi connectivity index (χ1n) is 7.22. The van der Waals surface area contributed by atoms with Gasteiger partial charge in [0.1, 0.15) is 5.82 Å². The van der Waals surface area contributed by atoms with E-state index >= 15 is 0 Å². The molecule has 0 aromatic carbocycles. The second kappa shape index (κ2) is 5.02. The molecule has 2 aliphatic rings. The SMILES string of the molecule is CCN1CCCC(c2ncc3n2CCC(O)C3)C1. The summed E-state index contributed by atoms with van der Waals surface area (Å²) in [7, 11) is 0. The van der Waals surface area contributed by atoms with Gasteiger partial charge < -0.3 is 14.6 Å². The van der Waals surface area contributed by atoms with Crippen molar-refractivity contribution in [1.82, 2.24) is 14.5 Å². The van der Waals surface area contributed by atoms with Crippen LogP contribution in [0.2, 0.25) is 0 Å². The normalized spacial score (nSPS) is 29.2. The molecule has 3 rings (SSSR count). The maximum absolute atomic E-state index is 9.71. The molecule has 100 valence electrons. The first-order valence-corrected chi connectivity index (χ1v) is 7.22. The van der Waals surface area contributed by atoms with Gasteiger partial charge in [0.25, 0.3) is 0 Å². The highest BCUT2D eigenvalue weighted by molar-refractivity contribution is 5.13. The molecule has 18 heavy (non-hydrogen) atoms. The Bertz CT molecular complexity index is 415. The zero-order valence-corrected chi connectivity index (χ0v) is 11.2. The van der Waals surface area contributed by atoms with Crippen LogP contribution < -0.4 is 0 Å². The van der Waals surface area contributed by atoms with Crippen LogP contribution in [0.4, 0.5) is 0 Å². The van der Waals surface area contributed by atoms with Gasteiger partial charge in [0.05, 0.1) is 6.10 Å². The van der Waals surface area contributed by atoms with E-state index in [0.29, 0.717) is 5.92 Å². The lowest BCUT2D eigenvalue weighted by Gasteiger charge is -2.32. The van der Waals surface area contributed by atoms with E-state index in [2.05, 4.69) is 21.4 Å². The molecule has 0 aliphatic carbocycles. The molecule has 4 heteroatoms. The van der Waals surface area contributed by atoms with Gasteiger partial charge >= 0.3 is 0 Å². The number of likely N-dealkylation sites (N-methyl/N-ethyl adjacent to an activating group) is 1. The molecule has 4 nitrogen and oxygen atoms in total. The second-order valence-corrected chi connectivity index (χ2v) is 5.64. The largest absolute Gasteiger partial charge is 0.393 e. The molecular weight excluding hydrogens is 226 g/mol. The van der Waals surface area contributed by atoms with Crippen molar-refractivity contribution in [2.75, 3.05) is 19.6 Å². The summed E-state index contributed by atoms with van der Waals surface area (Å²) in [4.78, 5) is 7.17. The Balaban J connectivity index is 1.80. The third-order valence-electron chi connectivity index (χ3n) is 4.42. The fraction of sp³-hybridized carbons (Fsp3) is 0.786. The number of hydrogen-bond donors (Lipinski definition) is 1. The average molecular weight is 249 g/mol. The zero-order chi connectivity index (χ0) is 12.5. The van der Waals surface area contributed by atoms with Crippen LogP contribution in [-0.4, -0.2) is 45.3 Å². The fourth-order valence-corrected chi connectivity index (χ4v) is 3.35. The van der Waals surface area contributed by atoms with Gasteiger partial charge in [0.15, 0.2) is 0 Å². The molecule has 0 spiro atoms. The standard InChI is InChI=1S/C14H23N3O/c1-2-16-6-3-4-11(10-16)14-15-9-12-8-13(18)5-7-17(12)14/h9,11,13,18H,2-8,10H2,1H3. The number of hydrogen-bond acceptors (Lipinski definition) is 3. The number of aromatic nitrogens is 2. The van der Waals surface area contributed by atoms with Crippen molar-refractivity contribution in [1.29, 1.82) is 0 Å². The van der Waals surface area contributed by atoms with E-state index < -0.39 is 0 Å². The van der Waals surface area contributed by atoms with Crippen LogP contribution in [0.15, 0.2) is 6.20 Å². The Labute approximate surface area is 109 Å². The topological polar surface area (TPSA) is 41.3 Å². The molecule has 1 fully saturated rings. The molecule has 1 saturated heterocycles. The Kier molecular flexibility index (Phi) is 3.39. The predicted molar refractivity (Wildman–Crippen MR) is 70.6 cm³/mol. The number of piperidine rings is 1. The van der Waals surface area contributed by atoms with E-state index in [1.165, 1.54) is 30.9 Å². The lowest BCUT2D eigenvalue weighted by molar-refractivity contribution is 0.141. The Morgan fingerprint density at radius 2 is 2.28 bits per heavy atom. The highest BCUT2D eigenvalue weighted by Gasteiger charge is 2.27. The Morgan fingerprint density at radius 3 is 3.11 bits per heavy atom. The van der Waals surface area contributed by atoms with Gasteiger partial charge in [0, 0.05) is 37.3 Å². The number of likely N-dealkylation sites (tertiary alicyclic amines) is 1. The second-order valence-electron chi connectivity index (χ2n) is 5.64. The molecular formula is C14H23N3O. The van der Waals surface area contributed by atoms with Crippen molar-refractivity contribution in [3.63, 3.8) is 0 Å². The minimum Gasteiger partial charge on any atom is -0.393 e. The summed E-state index contributed by atoms with van der Waals surface area (Å²) in [5.41, 5.74) is 1.22. The molecule has 2 unspecified atom stereocenters. The van der Waals surface area contributed by atoms with Gasteiger partial charge in [0.2, 0.25) is 0 Å². The lowest BCUT2D eigenvalue weighted by atomic mass is 9.96. The highest BCUT2D eigenvalue weighted by atomic mass is 16.3. The van der Waals surface area contributed by atoms with Crippen LogP contribution in [0.3, 0.4) is 0 Å². The molecule has 0 amide bonds. The number of fused-ring (bicyclic) bond motifs is 1. The zero-order valence-electron chi connectivity index (χ0n) is 11.2. The minimum atomic E-state index is -0.166. The van der Waals surface area contributed by atoms with Gasteiger partial charge in [-0.05, 0) is 32.4 Å². The molecule has 3 heterocycles. The summed E-state index contributed by atoms with van der Waals surface area (Å²) in [6.45, 7) is 6.70. The van der Waals surface area contributed by atoms with Crippen LogP contribution in [0.25, 0.3) is 0 Å². The van der Waals surface area contributed by atoms with Gasteiger partial charge in [-0.25, -0.2) is 4.98 Å². The van der Waals surface area contributed by atoms with E-state index in [0.717, 1.165) is 32.5 Å². The molecule has 2 aliphatic heterocycles. The van der Waals surface area contributed by atoms with Crippen LogP contribution >= 0.6 is 0 Å². The first kappa shape index (κ1) is 12.2. The fourth-order valence-electron chi connectivity index (χ4n) is 3.35. The first-order chi connectivity index (χ1) is 8.78. The van der Waals surface area contributed by atoms with E-state index in [4.69, 9.17) is 0 Å². The van der Waals surface area contributed by atoms with Gasteiger partial charge in [-0.1, -0.05) is 6.92 Å². The lowest BCUT2D eigenvalue weighted by Crippen LogP contribution is -2.35. The van der Waals surface area contributed by atoms with Crippen LogP contribution in [0.5, 0.6) is 0 Å². The van der Waals surface area contributed by atoms with Crippen LogP contribution in [-0.2, 0) is 13.0 Å². The molecule has 0 saturated carbocycles. The number of rotatable bonds is 2. The Morgan fingerprint density at radius 1 is 1.39 bits per heavy atom. The summed E-state index contributed by atoms with van der Waals surface area (Å²) in [6.07, 6.45) is 6.00. The average Bonchev–Trinajstić information content (AvgIpc) is 2.81. The summed E-state index contributed by atoms with van der Waals surface area (Å²) < 4.78 is 2.36. The summed E-state index contributed by atoms with van der Waals surface area (Å²) in [5, 5.41) is 9.71. The maximum atomic E-state index is 9.71. The maximum Gasteiger partial charge on any atom is 0.113 e. The predicted octanol–water partition coefficient (Wildman–Crippen LogP) is 1.39. The number of aliphatic hydroxyl groups excluding tert-OH is 1. The summed E-state index contributed by atoms with van der Waals surface area (Å²) >= 11 is 0. The number of imidazole rings is 1. The van der Waals surface area contributed by atoms with Crippen molar-refractivity contribution in [3.05, 3.63) is 17.7 Å². The molecule has 1 aromatic heterocycles. The van der Waals surface area contributed by atoms with Gasteiger partial charge in [-0.15, -0.1) is 0 Å². The van der Waals surface area contributed by atoms with Crippen molar-refractivity contribution < 1.29 is 5.11 Å². The van der Waals surface area contributed by atoms with Crippen LogP contribution in [0, 0.1) is 0 Å². The van der Waals surface area contributed by atoms with E-state index in [1.54, 1.807) is 0 Å². The molecule has 2 atom stereocenters. The number of nitrogens with zero attached hydrogens (tertiary/aromatic N) is 3. The molecule has 0 bridgehead atoms. The van der Waals surface area contributed by atoms with Crippen molar-refractivity contribution >= 4 is 0 Å². The van der Waals surface area contributed by atoms with Gasteiger partial charge in [-0.2, -0.15) is 0 Å². The monoisotopic (exact) mass is 249 g/mol. The molecule has 0 radical (unpaired) electrons. The van der Waals surface area contributed by atoms with Gasteiger partial charge in [-0.3, -0.25) is 0 Å². The Hall–Kier alpha value is -0.870. The third-order valence-corrected chi connectivity index (χ3v) is 4.42. The van der Waals surface area contributed by atoms with E-state index in [9.17, 15) is 5.11 Å². The smallest absolute Gasteiger partial charge is 0.113 e. The quantitative estimate of drug-likeness (QED) is 0.861. The van der Waals surface area contributed by atoms with Crippen molar-refractivity contribution in [2.24, 2.45) is 0 Å². The van der Waals surface area contributed by atoms with Crippen molar-refractivity contribution in [3.8, 4) is 0 Å². The van der Waals surface area contributed by atoms with E-state index in [-0.39, 0.29) is 6.10 Å². The summed E-state index contributed by atoms with van der Waals surface area (Å²) in [5.74, 6) is 1.85. The van der Waals surface area contributed by atoms with Crippen LogP contribution in [0.1, 0.15) is 43.6 Å². The summed E-state index contributed by atoms with van der Waals surface area (Å²) in [6, 6.07) is 0. The molecule has 1 aromatic rings. The van der Waals surface area contributed by atoms with Crippen molar-refractivity contribution in [2.45, 2.75) is 51.2 Å². The third kappa shape index (κ3) is 2.19. The van der Waals surface area contributed by atoms with E-state index in [1.807, 2.05) is 6.20 Å².